The molecule has 0 radical (unpaired) electrons. The molecular formula is C16H14OS. The van der Waals surface area contributed by atoms with E-state index in [9.17, 15) is 0 Å². The monoisotopic (exact) mass is 254 g/mol. The van der Waals surface area contributed by atoms with Crippen molar-refractivity contribution >= 4 is 11.8 Å². The molecule has 0 fully saturated rings. The van der Waals surface area contributed by atoms with Gasteiger partial charge in [-0.25, -0.2) is 0 Å². The van der Waals surface area contributed by atoms with Crippen LogP contribution in [0, 0.1) is 36.0 Å². The molecule has 1 nitrogen and oxygen atoms in total. The highest BCUT2D eigenvalue weighted by Gasteiger charge is 1.92. The maximum atomic E-state index is 5.47. The topological polar surface area (TPSA) is 9.23 Å². The van der Waals surface area contributed by atoms with Gasteiger partial charge in [-0.3, -0.25) is 0 Å². The Kier molecular flexibility index (Phi) is 7.15. The molecular weight excluding hydrogens is 240 g/mol. The second kappa shape index (κ2) is 9.12. The Labute approximate surface area is 113 Å². The van der Waals surface area contributed by atoms with E-state index in [0.29, 0.717) is 19.4 Å². The lowest BCUT2D eigenvalue weighted by Crippen LogP contribution is -1.93. The third-order valence-electron chi connectivity index (χ3n) is 1.99. The lowest BCUT2D eigenvalue weighted by Gasteiger charge is -2.02. The molecule has 0 aliphatic heterocycles. The minimum atomic E-state index is 0.384. The lowest BCUT2D eigenvalue weighted by molar-refractivity contribution is 0.370. The van der Waals surface area contributed by atoms with Gasteiger partial charge in [0, 0.05) is 4.90 Å². The first-order valence-corrected chi connectivity index (χ1v) is 6.71. The molecule has 90 valence electrons. The summed E-state index contributed by atoms with van der Waals surface area (Å²) in [7, 11) is 0. The van der Waals surface area contributed by atoms with E-state index in [1.807, 2.05) is 30.5 Å². The van der Waals surface area contributed by atoms with Crippen LogP contribution in [0.1, 0.15) is 12.8 Å². The number of ether oxygens (including phenoxy) is 1. The molecule has 18 heavy (non-hydrogen) atoms. The van der Waals surface area contributed by atoms with E-state index < -0.39 is 0 Å². The fraction of sp³-hybridized carbons (Fsp3) is 0.250. The number of hydrogen-bond acceptors (Lipinski definition) is 2. The van der Waals surface area contributed by atoms with E-state index >= 15 is 0 Å². The first-order valence-electron chi connectivity index (χ1n) is 5.48. The van der Waals surface area contributed by atoms with Crippen LogP contribution in [-0.2, 0) is 0 Å². The smallest absolute Gasteiger partial charge is 0.149 e. The Hall–Kier alpha value is -1.95. The molecule has 0 heterocycles. The van der Waals surface area contributed by atoms with Crippen molar-refractivity contribution in [1.29, 1.82) is 0 Å². The summed E-state index contributed by atoms with van der Waals surface area (Å²) in [4.78, 5) is 1.22. The van der Waals surface area contributed by atoms with Crippen molar-refractivity contribution in [3.63, 3.8) is 0 Å². The van der Waals surface area contributed by atoms with Gasteiger partial charge in [-0.15, -0.1) is 18.2 Å². The van der Waals surface area contributed by atoms with E-state index in [1.54, 1.807) is 11.8 Å². The van der Waals surface area contributed by atoms with Crippen molar-refractivity contribution in [3.8, 4) is 41.8 Å². The Morgan fingerprint density at radius 1 is 1.06 bits per heavy atom. The minimum Gasteiger partial charge on any atom is -0.481 e. The number of terminal acetylenes is 1. The molecule has 0 atom stereocenters. The van der Waals surface area contributed by atoms with E-state index in [1.165, 1.54) is 4.90 Å². The van der Waals surface area contributed by atoms with E-state index in [2.05, 4.69) is 29.6 Å². The van der Waals surface area contributed by atoms with E-state index in [0.717, 1.165) is 5.75 Å². The van der Waals surface area contributed by atoms with Crippen molar-refractivity contribution < 1.29 is 4.74 Å². The Morgan fingerprint density at radius 2 is 1.72 bits per heavy atom. The average Bonchev–Trinajstić information content (AvgIpc) is 2.42. The second-order valence-electron chi connectivity index (χ2n) is 3.23. The van der Waals surface area contributed by atoms with Gasteiger partial charge in [-0.2, -0.15) is 0 Å². The largest absolute Gasteiger partial charge is 0.481 e. The molecule has 0 saturated heterocycles. The lowest BCUT2D eigenvalue weighted by atomic mass is 10.3. The highest BCUT2D eigenvalue weighted by atomic mass is 32.2. The normalized spacial score (nSPS) is 8.22. The quantitative estimate of drug-likeness (QED) is 0.605. The molecule has 0 aromatic heterocycles. The zero-order chi connectivity index (χ0) is 13.1. The van der Waals surface area contributed by atoms with Crippen LogP contribution in [0.3, 0.4) is 0 Å². The van der Waals surface area contributed by atoms with Crippen LogP contribution < -0.4 is 4.74 Å². The predicted molar refractivity (Wildman–Crippen MR) is 77.3 cm³/mol. The molecule has 0 aliphatic carbocycles. The summed E-state index contributed by atoms with van der Waals surface area (Å²) in [6.45, 7) is 0.384. The van der Waals surface area contributed by atoms with Gasteiger partial charge in [-0.05, 0) is 30.5 Å². The van der Waals surface area contributed by atoms with Crippen molar-refractivity contribution in [2.45, 2.75) is 17.7 Å². The summed E-state index contributed by atoms with van der Waals surface area (Å²) in [5.41, 5.74) is 0. The van der Waals surface area contributed by atoms with Crippen LogP contribution in [0.25, 0.3) is 0 Å². The zero-order valence-electron chi connectivity index (χ0n) is 10.3. The highest BCUT2D eigenvalue weighted by Crippen LogP contribution is 2.18. The van der Waals surface area contributed by atoms with Crippen molar-refractivity contribution in [2.75, 3.05) is 12.9 Å². The number of benzene rings is 1. The van der Waals surface area contributed by atoms with Crippen molar-refractivity contribution in [2.24, 2.45) is 0 Å². The van der Waals surface area contributed by atoms with Crippen LogP contribution in [0.15, 0.2) is 29.2 Å². The molecule has 0 spiro atoms. The van der Waals surface area contributed by atoms with Crippen LogP contribution in [0.5, 0.6) is 5.75 Å². The summed E-state index contributed by atoms with van der Waals surface area (Å²) in [5, 5.41) is 0. The van der Waals surface area contributed by atoms with Crippen molar-refractivity contribution in [1.82, 2.24) is 0 Å². The summed E-state index contributed by atoms with van der Waals surface area (Å²) < 4.78 is 5.47. The van der Waals surface area contributed by atoms with Gasteiger partial charge < -0.3 is 4.74 Å². The molecule has 0 bridgehead atoms. The van der Waals surface area contributed by atoms with Gasteiger partial charge in [0.1, 0.15) is 12.4 Å². The average molecular weight is 254 g/mol. The van der Waals surface area contributed by atoms with Crippen LogP contribution in [0.4, 0.5) is 0 Å². The van der Waals surface area contributed by atoms with Crippen LogP contribution >= 0.6 is 11.8 Å². The fourth-order valence-electron chi connectivity index (χ4n) is 1.13. The summed E-state index contributed by atoms with van der Waals surface area (Å²) in [5.74, 6) is 14.8. The Bertz CT molecular complexity index is 515. The number of rotatable bonds is 3. The van der Waals surface area contributed by atoms with Gasteiger partial charge in [-0.1, -0.05) is 29.6 Å². The molecule has 1 rings (SSSR count). The van der Waals surface area contributed by atoms with Gasteiger partial charge >= 0.3 is 0 Å². The molecule has 0 amide bonds. The molecule has 0 aliphatic rings. The molecule has 1 aromatic rings. The Morgan fingerprint density at radius 3 is 2.39 bits per heavy atom. The number of thioether (sulfide) groups is 1. The third kappa shape index (κ3) is 5.95. The first-order chi connectivity index (χ1) is 8.86. The standard InChI is InChI=1S/C16H14OS/c1-3-4-5-6-7-8-9-14-17-15-10-12-16(18-2)13-11-15/h1,10-13H,4,7,14H2,2H3. The van der Waals surface area contributed by atoms with Gasteiger partial charge in [0.05, 0.1) is 12.8 Å². The number of hydrogen-bond donors (Lipinski definition) is 0. The zero-order valence-corrected chi connectivity index (χ0v) is 11.1. The van der Waals surface area contributed by atoms with Crippen LogP contribution in [0.2, 0.25) is 0 Å². The predicted octanol–water partition coefficient (Wildman–Crippen LogP) is 3.21. The maximum Gasteiger partial charge on any atom is 0.149 e. The third-order valence-corrected chi connectivity index (χ3v) is 2.73. The summed E-state index contributed by atoms with van der Waals surface area (Å²) >= 11 is 1.71. The van der Waals surface area contributed by atoms with Crippen LogP contribution in [-0.4, -0.2) is 12.9 Å². The molecule has 1 aromatic carbocycles. The van der Waals surface area contributed by atoms with E-state index in [4.69, 9.17) is 11.2 Å². The van der Waals surface area contributed by atoms with E-state index in [-0.39, 0.29) is 0 Å². The van der Waals surface area contributed by atoms with Gasteiger partial charge in [0.25, 0.3) is 0 Å². The molecule has 0 N–H and O–H groups in total. The highest BCUT2D eigenvalue weighted by molar-refractivity contribution is 7.98. The van der Waals surface area contributed by atoms with Gasteiger partial charge in [0.15, 0.2) is 0 Å². The van der Waals surface area contributed by atoms with Gasteiger partial charge in [0.2, 0.25) is 0 Å². The SMILES string of the molecule is C#CCC#CCC#CCOc1ccc(SC)cc1. The second-order valence-corrected chi connectivity index (χ2v) is 4.11. The summed E-state index contributed by atoms with van der Waals surface area (Å²) in [6.07, 6.45) is 8.13. The van der Waals surface area contributed by atoms with Crippen molar-refractivity contribution in [3.05, 3.63) is 24.3 Å². The minimum absolute atomic E-state index is 0.384. The summed E-state index contributed by atoms with van der Waals surface area (Å²) in [6, 6.07) is 7.94. The first kappa shape index (κ1) is 14.1. The molecule has 2 heteroatoms. The Balaban J connectivity index is 2.27. The maximum absolute atomic E-state index is 5.47. The molecule has 0 saturated carbocycles. The fourth-order valence-corrected chi connectivity index (χ4v) is 1.53. The molecule has 0 unspecified atom stereocenters.